The van der Waals surface area contributed by atoms with Crippen molar-refractivity contribution in [1.82, 2.24) is 0 Å². The van der Waals surface area contributed by atoms with Crippen LogP contribution in [0, 0.1) is 0 Å². The number of rotatable bonds is 8. The highest BCUT2D eigenvalue weighted by Gasteiger charge is 2.13. The zero-order chi connectivity index (χ0) is 22.2. The largest absolute Gasteiger partial charge is 0.490 e. The van der Waals surface area contributed by atoms with Crippen molar-refractivity contribution in [2.45, 2.75) is 13.5 Å². The predicted octanol–water partition coefficient (Wildman–Crippen LogP) is 7.39. The molecular formula is C24H20BrCl2NO3. The maximum absolute atomic E-state index is 12.2. The average molecular weight is 521 g/mol. The molecular weight excluding hydrogens is 501 g/mol. The van der Waals surface area contributed by atoms with E-state index in [9.17, 15) is 4.79 Å². The Morgan fingerprint density at radius 2 is 1.87 bits per heavy atom. The van der Waals surface area contributed by atoms with Gasteiger partial charge in [0.2, 0.25) is 5.91 Å². The summed E-state index contributed by atoms with van der Waals surface area (Å²) in [7, 11) is 0. The number of hydrogen-bond donors (Lipinski definition) is 1. The van der Waals surface area contributed by atoms with E-state index in [0.29, 0.717) is 44.9 Å². The molecule has 1 amide bonds. The lowest BCUT2D eigenvalue weighted by Gasteiger charge is -2.15. The van der Waals surface area contributed by atoms with E-state index in [4.69, 9.17) is 32.7 Å². The van der Waals surface area contributed by atoms with Crippen molar-refractivity contribution in [3.8, 4) is 11.5 Å². The lowest BCUT2D eigenvalue weighted by atomic mass is 10.1. The Bertz CT molecular complexity index is 1100. The van der Waals surface area contributed by atoms with Crippen LogP contribution < -0.4 is 14.8 Å². The number of carbonyl (C=O) groups excluding carboxylic acids is 1. The van der Waals surface area contributed by atoms with Crippen molar-refractivity contribution < 1.29 is 14.3 Å². The Morgan fingerprint density at radius 1 is 1.06 bits per heavy atom. The molecule has 3 rings (SSSR count). The number of nitrogens with one attached hydrogen (secondary N) is 1. The number of ether oxygens (including phenoxy) is 2. The molecule has 160 valence electrons. The monoisotopic (exact) mass is 519 g/mol. The molecule has 0 aliphatic rings. The normalized spacial score (nSPS) is 10.8. The maximum atomic E-state index is 12.2. The second-order valence-corrected chi connectivity index (χ2v) is 8.17. The number of anilines is 1. The van der Waals surface area contributed by atoms with Gasteiger partial charge in [0.25, 0.3) is 0 Å². The molecule has 0 saturated carbocycles. The van der Waals surface area contributed by atoms with Gasteiger partial charge in [0, 0.05) is 27.4 Å². The Hall–Kier alpha value is -2.47. The Morgan fingerprint density at radius 3 is 2.61 bits per heavy atom. The molecule has 1 N–H and O–H groups in total. The van der Waals surface area contributed by atoms with Crippen LogP contribution >= 0.6 is 39.1 Å². The summed E-state index contributed by atoms with van der Waals surface area (Å²) in [5.74, 6) is 0.872. The minimum Gasteiger partial charge on any atom is -0.490 e. The van der Waals surface area contributed by atoms with E-state index in [2.05, 4.69) is 21.2 Å². The van der Waals surface area contributed by atoms with Crippen LogP contribution in [0.1, 0.15) is 18.1 Å². The molecule has 7 heteroatoms. The summed E-state index contributed by atoms with van der Waals surface area (Å²) >= 11 is 15.7. The van der Waals surface area contributed by atoms with Crippen LogP contribution in [0.15, 0.2) is 71.2 Å². The standard InChI is InChI=1S/C24H20BrCl2NO3/c1-2-30-22-13-16(10-11-23(29)28-19-8-5-7-18(26)14-19)12-20(25)24(22)31-15-17-6-3-4-9-21(17)27/h3-14H,2,15H2,1H3,(H,28,29)/b11-10+. The minimum atomic E-state index is -0.268. The van der Waals surface area contributed by atoms with E-state index >= 15 is 0 Å². The first kappa shape index (κ1) is 23.2. The van der Waals surface area contributed by atoms with Crippen LogP contribution in [0.2, 0.25) is 10.0 Å². The van der Waals surface area contributed by atoms with Crippen LogP contribution in [0.4, 0.5) is 5.69 Å². The molecule has 0 aromatic heterocycles. The highest BCUT2D eigenvalue weighted by molar-refractivity contribution is 9.10. The molecule has 3 aromatic rings. The van der Waals surface area contributed by atoms with Crippen LogP contribution in [0.25, 0.3) is 6.08 Å². The van der Waals surface area contributed by atoms with Gasteiger partial charge < -0.3 is 14.8 Å². The number of hydrogen-bond acceptors (Lipinski definition) is 3. The van der Waals surface area contributed by atoms with Gasteiger partial charge in [-0.25, -0.2) is 0 Å². The highest BCUT2D eigenvalue weighted by Crippen LogP contribution is 2.38. The number of amides is 1. The van der Waals surface area contributed by atoms with E-state index in [-0.39, 0.29) is 5.91 Å². The summed E-state index contributed by atoms with van der Waals surface area (Å²) in [4.78, 5) is 12.2. The van der Waals surface area contributed by atoms with Crippen LogP contribution in [-0.4, -0.2) is 12.5 Å². The van der Waals surface area contributed by atoms with Crippen LogP contribution in [0.3, 0.4) is 0 Å². The first-order valence-corrected chi connectivity index (χ1v) is 11.1. The SMILES string of the molecule is CCOc1cc(/C=C/C(=O)Nc2cccc(Cl)c2)cc(Br)c1OCc1ccccc1Cl. The van der Waals surface area contributed by atoms with Gasteiger partial charge in [0.05, 0.1) is 11.1 Å². The number of benzene rings is 3. The zero-order valence-corrected chi connectivity index (χ0v) is 19.8. The number of halogens is 3. The first-order chi connectivity index (χ1) is 15.0. The van der Waals surface area contributed by atoms with E-state index in [1.165, 1.54) is 6.08 Å². The summed E-state index contributed by atoms with van der Waals surface area (Å²) in [5, 5.41) is 3.97. The summed E-state index contributed by atoms with van der Waals surface area (Å²) in [6, 6.07) is 18.2. The zero-order valence-electron chi connectivity index (χ0n) is 16.7. The fourth-order valence-corrected chi connectivity index (χ4v) is 3.73. The van der Waals surface area contributed by atoms with Crippen molar-refractivity contribution >= 4 is 56.8 Å². The highest BCUT2D eigenvalue weighted by atomic mass is 79.9. The molecule has 0 fully saturated rings. The smallest absolute Gasteiger partial charge is 0.248 e. The maximum Gasteiger partial charge on any atom is 0.248 e. The van der Waals surface area contributed by atoms with Crippen molar-refractivity contribution in [2.24, 2.45) is 0 Å². The molecule has 31 heavy (non-hydrogen) atoms. The Labute approximate surface area is 199 Å². The first-order valence-electron chi connectivity index (χ1n) is 9.53. The topological polar surface area (TPSA) is 47.6 Å². The van der Waals surface area contributed by atoms with E-state index < -0.39 is 0 Å². The van der Waals surface area contributed by atoms with Crippen LogP contribution in [0.5, 0.6) is 11.5 Å². The Balaban J connectivity index is 1.75. The predicted molar refractivity (Wildman–Crippen MR) is 130 cm³/mol. The van der Waals surface area contributed by atoms with Gasteiger partial charge in [-0.2, -0.15) is 0 Å². The average Bonchev–Trinajstić information content (AvgIpc) is 2.73. The van der Waals surface area contributed by atoms with E-state index in [1.54, 1.807) is 30.3 Å². The third kappa shape index (κ3) is 6.76. The molecule has 0 heterocycles. The van der Waals surface area contributed by atoms with Crippen molar-refractivity contribution in [2.75, 3.05) is 11.9 Å². The second-order valence-electron chi connectivity index (χ2n) is 6.48. The molecule has 3 aromatic carbocycles. The van der Waals surface area contributed by atoms with Gasteiger partial charge in [0.15, 0.2) is 11.5 Å². The third-order valence-electron chi connectivity index (χ3n) is 4.18. The third-order valence-corrected chi connectivity index (χ3v) is 5.37. The summed E-state index contributed by atoms with van der Waals surface area (Å²) in [6.07, 6.45) is 3.15. The molecule has 0 saturated heterocycles. The van der Waals surface area contributed by atoms with Gasteiger partial charge >= 0.3 is 0 Å². The van der Waals surface area contributed by atoms with Gasteiger partial charge in [0.1, 0.15) is 6.61 Å². The fourth-order valence-electron chi connectivity index (χ4n) is 2.77. The molecule has 0 bridgehead atoms. The number of carbonyl (C=O) groups is 1. The van der Waals surface area contributed by atoms with Gasteiger partial charge in [-0.3, -0.25) is 4.79 Å². The van der Waals surface area contributed by atoms with E-state index in [1.807, 2.05) is 43.3 Å². The minimum absolute atomic E-state index is 0.268. The lowest BCUT2D eigenvalue weighted by molar-refractivity contribution is -0.111. The molecule has 0 unspecified atom stereocenters. The lowest BCUT2D eigenvalue weighted by Crippen LogP contribution is -2.07. The van der Waals surface area contributed by atoms with Crippen molar-refractivity contribution in [3.63, 3.8) is 0 Å². The molecule has 0 spiro atoms. The van der Waals surface area contributed by atoms with Gasteiger partial charge in [-0.15, -0.1) is 0 Å². The molecule has 0 aliphatic carbocycles. The van der Waals surface area contributed by atoms with Gasteiger partial charge in [-0.1, -0.05) is 47.5 Å². The molecule has 0 atom stereocenters. The van der Waals surface area contributed by atoms with Crippen molar-refractivity contribution in [1.29, 1.82) is 0 Å². The summed E-state index contributed by atoms with van der Waals surface area (Å²) in [6.45, 7) is 2.67. The molecule has 4 nitrogen and oxygen atoms in total. The second kappa shape index (κ2) is 11.2. The van der Waals surface area contributed by atoms with Crippen LogP contribution in [-0.2, 0) is 11.4 Å². The van der Waals surface area contributed by atoms with E-state index in [0.717, 1.165) is 11.1 Å². The van der Waals surface area contributed by atoms with Gasteiger partial charge in [-0.05, 0) is 70.9 Å². The summed E-state index contributed by atoms with van der Waals surface area (Å²) in [5.41, 5.74) is 2.28. The fraction of sp³-hybridized carbons (Fsp3) is 0.125. The molecule has 0 radical (unpaired) electrons. The van der Waals surface area contributed by atoms with Crippen molar-refractivity contribution in [3.05, 3.63) is 92.4 Å². The Kier molecular flexibility index (Phi) is 8.41. The quantitative estimate of drug-likeness (QED) is 0.315. The summed E-state index contributed by atoms with van der Waals surface area (Å²) < 4.78 is 12.5. The molecule has 0 aliphatic heterocycles.